The van der Waals surface area contributed by atoms with Crippen molar-refractivity contribution in [2.24, 2.45) is 5.92 Å². The highest BCUT2D eigenvalue weighted by molar-refractivity contribution is 5.77. The van der Waals surface area contributed by atoms with Crippen molar-refractivity contribution < 1.29 is 9.18 Å². The molecule has 2 fully saturated rings. The lowest BCUT2D eigenvalue weighted by Gasteiger charge is -2.34. The van der Waals surface area contributed by atoms with E-state index in [2.05, 4.69) is 23.6 Å². The van der Waals surface area contributed by atoms with Crippen LogP contribution in [0.2, 0.25) is 0 Å². The highest BCUT2D eigenvalue weighted by Gasteiger charge is 2.35. The average Bonchev–Trinajstić information content (AvgIpc) is 3.01. The predicted octanol–water partition coefficient (Wildman–Crippen LogP) is 2.76. The standard InChI is InChI=1S/C20H30FN3O/c1-3-22-11-13-23(14-12-22)9-8-19(25)24-10-7-16(2)20(24)17-5-4-6-18(21)15-17/h4-6,15-16,20H,3,7-14H2,1-2H3. The molecule has 2 aliphatic rings. The molecule has 2 saturated heterocycles. The predicted molar refractivity (Wildman–Crippen MR) is 97.8 cm³/mol. The molecule has 0 bridgehead atoms. The fraction of sp³-hybridized carbons (Fsp3) is 0.650. The zero-order valence-corrected chi connectivity index (χ0v) is 15.5. The molecule has 0 N–H and O–H groups in total. The number of carbonyl (C=O) groups excluding carboxylic acids is 1. The van der Waals surface area contributed by atoms with Gasteiger partial charge in [0.2, 0.25) is 5.91 Å². The number of hydrogen-bond donors (Lipinski definition) is 0. The van der Waals surface area contributed by atoms with Crippen LogP contribution in [0.15, 0.2) is 24.3 Å². The van der Waals surface area contributed by atoms with Crippen LogP contribution in [0.25, 0.3) is 0 Å². The molecular formula is C20H30FN3O. The van der Waals surface area contributed by atoms with E-state index >= 15 is 0 Å². The van der Waals surface area contributed by atoms with Crippen LogP contribution in [0.3, 0.4) is 0 Å². The summed E-state index contributed by atoms with van der Waals surface area (Å²) in [6.45, 7) is 11.4. The van der Waals surface area contributed by atoms with E-state index in [4.69, 9.17) is 0 Å². The molecule has 2 atom stereocenters. The molecular weight excluding hydrogens is 317 g/mol. The first kappa shape index (κ1) is 18.3. The minimum atomic E-state index is -0.224. The second-order valence-electron chi connectivity index (χ2n) is 7.38. The number of hydrogen-bond acceptors (Lipinski definition) is 3. The van der Waals surface area contributed by atoms with Gasteiger partial charge in [-0.2, -0.15) is 0 Å². The van der Waals surface area contributed by atoms with Gasteiger partial charge in [0.1, 0.15) is 5.82 Å². The molecule has 5 heteroatoms. The van der Waals surface area contributed by atoms with Crippen molar-refractivity contribution >= 4 is 5.91 Å². The molecule has 25 heavy (non-hydrogen) atoms. The second kappa shape index (κ2) is 8.28. The Kier molecular flexibility index (Phi) is 6.07. The number of likely N-dealkylation sites (N-methyl/N-ethyl adjacent to an activating group) is 1. The molecule has 4 nitrogen and oxygen atoms in total. The van der Waals surface area contributed by atoms with E-state index in [1.54, 1.807) is 12.1 Å². The van der Waals surface area contributed by atoms with Gasteiger partial charge in [-0.3, -0.25) is 4.79 Å². The molecule has 1 aromatic rings. The van der Waals surface area contributed by atoms with Crippen molar-refractivity contribution in [3.63, 3.8) is 0 Å². The van der Waals surface area contributed by atoms with Gasteiger partial charge >= 0.3 is 0 Å². The Hall–Kier alpha value is -1.46. The van der Waals surface area contributed by atoms with E-state index in [1.165, 1.54) is 6.07 Å². The number of nitrogens with zero attached hydrogens (tertiary/aromatic N) is 3. The van der Waals surface area contributed by atoms with Crippen molar-refractivity contribution in [3.05, 3.63) is 35.6 Å². The molecule has 0 aromatic heterocycles. The Bertz CT molecular complexity index is 586. The minimum absolute atomic E-state index is 0.0140. The summed E-state index contributed by atoms with van der Waals surface area (Å²) in [5.74, 6) is 0.355. The van der Waals surface area contributed by atoms with Crippen LogP contribution in [0.1, 0.15) is 38.3 Å². The molecule has 0 radical (unpaired) electrons. The fourth-order valence-corrected chi connectivity index (χ4v) is 4.15. The summed E-state index contributed by atoms with van der Waals surface area (Å²) in [6.07, 6.45) is 1.55. The third-order valence-electron chi connectivity index (χ3n) is 5.76. The fourth-order valence-electron chi connectivity index (χ4n) is 4.15. The number of carbonyl (C=O) groups is 1. The molecule has 2 unspecified atom stereocenters. The van der Waals surface area contributed by atoms with Crippen LogP contribution in [0.4, 0.5) is 4.39 Å². The van der Waals surface area contributed by atoms with Gasteiger partial charge in [-0.15, -0.1) is 0 Å². The van der Waals surface area contributed by atoms with E-state index in [0.29, 0.717) is 12.3 Å². The van der Waals surface area contributed by atoms with Gasteiger partial charge in [-0.05, 0) is 36.6 Å². The first-order valence-corrected chi connectivity index (χ1v) is 9.58. The Morgan fingerprint density at radius 1 is 1.16 bits per heavy atom. The number of piperazine rings is 1. The summed E-state index contributed by atoms with van der Waals surface area (Å²) in [5, 5.41) is 0. The van der Waals surface area contributed by atoms with Crippen molar-refractivity contribution in [1.82, 2.24) is 14.7 Å². The number of benzene rings is 1. The van der Waals surface area contributed by atoms with Gasteiger partial charge < -0.3 is 14.7 Å². The number of amides is 1. The maximum absolute atomic E-state index is 13.6. The lowest BCUT2D eigenvalue weighted by Crippen LogP contribution is -2.47. The first-order valence-electron chi connectivity index (χ1n) is 9.58. The molecule has 1 aromatic carbocycles. The van der Waals surface area contributed by atoms with Gasteiger partial charge in [-0.1, -0.05) is 26.0 Å². The Labute approximate surface area is 150 Å². The van der Waals surface area contributed by atoms with E-state index in [1.807, 2.05) is 11.0 Å². The maximum Gasteiger partial charge on any atom is 0.224 e. The first-order chi connectivity index (χ1) is 12.1. The molecule has 0 spiro atoms. The normalized spacial score (nSPS) is 25.5. The summed E-state index contributed by atoms with van der Waals surface area (Å²) in [6, 6.07) is 6.74. The van der Waals surface area contributed by atoms with Gasteiger partial charge in [0.15, 0.2) is 0 Å². The van der Waals surface area contributed by atoms with E-state index < -0.39 is 0 Å². The van der Waals surface area contributed by atoms with E-state index in [0.717, 1.165) is 57.8 Å². The minimum Gasteiger partial charge on any atom is -0.335 e. The van der Waals surface area contributed by atoms with Crippen LogP contribution < -0.4 is 0 Å². The van der Waals surface area contributed by atoms with Crippen LogP contribution in [0, 0.1) is 11.7 Å². The van der Waals surface area contributed by atoms with Gasteiger partial charge in [0.05, 0.1) is 6.04 Å². The molecule has 0 saturated carbocycles. The molecule has 2 aliphatic heterocycles. The molecule has 1 amide bonds. The lowest BCUT2D eigenvalue weighted by molar-refractivity contribution is -0.133. The van der Waals surface area contributed by atoms with Gasteiger partial charge in [0, 0.05) is 45.7 Å². The third kappa shape index (κ3) is 4.39. The maximum atomic E-state index is 13.6. The Morgan fingerprint density at radius 3 is 2.56 bits per heavy atom. The molecule has 3 rings (SSSR count). The van der Waals surface area contributed by atoms with Crippen molar-refractivity contribution in [2.45, 2.75) is 32.7 Å². The number of likely N-dealkylation sites (tertiary alicyclic amines) is 1. The lowest BCUT2D eigenvalue weighted by atomic mass is 9.95. The van der Waals surface area contributed by atoms with Crippen molar-refractivity contribution in [2.75, 3.05) is 45.8 Å². The van der Waals surface area contributed by atoms with Crippen molar-refractivity contribution in [3.8, 4) is 0 Å². The van der Waals surface area contributed by atoms with E-state index in [-0.39, 0.29) is 17.8 Å². The van der Waals surface area contributed by atoms with Crippen molar-refractivity contribution in [1.29, 1.82) is 0 Å². The summed E-state index contributed by atoms with van der Waals surface area (Å²) in [7, 11) is 0. The summed E-state index contributed by atoms with van der Waals surface area (Å²) >= 11 is 0. The molecule has 138 valence electrons. The van der Waals surface area contributed by atoms with Crippen LogP contribution >= 0.6 is 0 Å². The topological polar surface area (TPSA) is 26.8 Å². The molecule has 0 aliphatic carbocycles. The molecule has 2 heterocycles. The van der Waals surface area contributed by atoms with Gasteiger partial charge in [0.25, 0.3) is 0 Å². The highest BCUT2D eigenvalue weighted by Crippen LogP contribution is 2.37. The van der Waals surface area contributed by atoms with Crippen LogP contribution in [0.5, 0.6) is 0 Å². The van der Waals surface area contributed by atoms with E-state index in [9.17, 15) is 9.18 Å². The van der Waals surface area contributed by atoms with Gasteiger partial charge in [-0.25, -0.2) is 4.39 Å². The highest BCUT2D eigenvalue weighted by atomic mass is 19.1. The zero-order valence-electron chi connectivity index (χ0n) is 15.5. The van der Waals surface area contributed by atoms with Crippen LogP contribution in [-0.4, -0.2) is 66.4 Å². The third-order valence-corrected chi connectivity index (χ3v) is 5.76. The number of halogens is 1. The monoisotopic (exact) mass is 347 g/mol. The summed E-state index contributed by atoms with van der Waals surface area (Å²) in [5.41, 5.74) is 0.926. The average molecular weight is 347 g/mol. The summed E-state index contributed by atoms with van der Waals surface area (Å²) < 4.78 is 13.6. The Balaban J connectivity index is 1.57. The zero-order chi connectivity index (χ0) is 17.8. The second-order valence-corrected chi connectivity index (χ2v) is 7.38. The summed E-state index contributed by atoms with van der Waals surface area (Å²) in [4.78, 5) is 19.6. The number of rotatable bonds is 5. The Morgan fingerprint density at radius 2 is 1.88 bits per heavy atom. The smallest absolute Gasteiger partial charge is 0.224 e. The SMILES string of the molecule is CCN1CCN(CCC(=O)N2CCC(C)C2c2cccc(F)c2)CC1. The largest absolute Gasteiger partial charge is 0.335 e. The quantitative estimate of drug-likeness (QED) is 0.819. The van der Waals surface area contributed by atoms with Crippen LogP contribution in [-0.2, 0) is 4.79 Å².